The second-order valence-corrected chi connectivity index (χ2v) is 8.51. The van der Waals surface area contributed by atoms with E-state index in [0.717, 1.165) is 5.92 Å². The van der Waals surface area contributed by atoms with Gasteiger partial charge < -0.3 is 5.32 Å². The third-order valence-electron chi connectivity index (χ3n) is 5.28. The molecule has 1 saturated carbocycles. The third kappa shape index (κ3) is 3.72. The van der Waals surface area contributed by atoms with Crippen LogP contribution in [0.15, 0.2) is 40.2 Å². The molecule has 0 unspecified atom stereocenters. The average molecular weight is 350 g/mol. The number of rotatable bonds is 3. The second-order valence-electron chi connectivity index (χ2n) is 6.82. The molecular formula is C17H26N4O2S. The Kier molecular flexibility index (Phi) is 5.10. The van der Waals surface area contributed by atoms with E-state index in [0.29, 0.717) is 31.3 Å². The Bertz CT molecular complexity index is 690. The maximum atomic E-state index is 12.3. The maximum Gasteiger partial charge on any atom is 0.264 e. The summed E-state index contributed by atoms with van der Waals surface area (Å²) in [6.45, 7) is 5.78. The van der Waals surface area contributed by atoms with Crippen LogP contribution < -0.4 is 10.0 Å². The molecule has 0 amide bonds. The Hall–Kier alpha value is -1.60. The van der Waals surface area contributed by atoms with E-state index in [1.807, 2.05) is 0 Å². The fourth-order valence-electron chi connectivity index (χ4n) is 3.59. The summed E-state index contributed by atoms with van der Waals surface area (Å²) in [5, 5.41) is 3.11. The molecule has 0 saturated heterocycles. The molecule has 0 aromatic heterocycles. The normalized spacial score (nSPS) is 28.8. The summed E-state index contributed by atoms with van der Waals surface area (Å²) in [5.74, 6) is 1.69. The number of benzene rings is 1. The zero-order chi connectivity index (χ0) is 17.2. The number of hydrogen-bond acceptors (Lipinski definition) is 5. The smallest absolute Gasteiger partial charge is 0.264 e. The molecule has 1 heterocycles. The van der Waals surface area contributed by atoms with Crippen LogP contribution in [0, 0.1) is 11.8 Å². The van der Waals surface area contributed by atoms with Crippen molar-refractivity contribution in [3.8, 4) is 0 Å². The lowest BCUT2D eigenvalue weighted by atomic mass is 9.77. The molecule has 1 fully saturated rings. The molecule has 2 aliphatic rings. The minimum absolute atomic E-state index is 0.242. The zero-order valence-corrected chi connectivity index (χ0v) is 15.1. The van der Waals surface area contributed by atoms with Gasteiger partial charge >= 0.3 is 0 Å². The summed E-state index contributed by atoms with van der Waals surface area (Å²) < 4.78 is 27.2. The van der Waals surface area contributed by atoms with E-state index in [2.05, 4.69) is 33.8 Å². The molecule has 6 nitrogen and oxygen atoms in total. The number of hydrogen-bond donors (Lipinski definition) is 2. The predicted octanol–water partition coefficient (Wildman–Crippen LogP) is 1.97. The zero-order valence-electron chi connectivity index (χ0n) is 14.3. The molecule has 0 spiro atoms. The molecule has 1 aliphatic carbocycles. The first-order valence-corrected chi connectivity index (χ1v) is 10.1. The van der Waals surface area contributed by atoms with E-state index in [-0.39, 0.29) is 4.90 Å². The standard InChI is InChI=1S/C17H26N4O2S/c1-13-7-6-10-16(14(13)2)21-11-18-17(19-12-21)20-24(22,23)15-8-4-3-5-9-15/h3-5,8-9,13-14,16H,6-7,10-12H2,1-2H3,(H2,18,19,20)/t13-,14+,16+/m1/s1. The van der Waals surface area contributed by atoms with Gasteiger partial charge in [0.1, 0.15) is 0 Å². The van der Waals surface area contributed by atoms with Gasteiger partial charge in [-0.3, -0.25) is 4.90 Å². The van der Waals surface area contributed by atoms with Crippen LogP contribution in [0.25, 0.3) is 0 Å². The van der Waals surface area contributed by atoms with Crippen LogP contribution in [0.5, 0.6) is 0 Å². The monoisotopic (exact) mass is 350 g/mol. The van der Waals surface area contributed by atoms with Gasteiger partial charge in [0, 0.05) is 6.04 Å². The highest BCUT2D eigenvalue weighted by molar-refractivity contribution is 7.90. The first-order valence-electron chi connectivity index (χ1n) is 8.57. The number of guanidine groups is 1. The first kappa shape index (κ1) is 17.2. The molecule has 1 aliphatic heterocycles. The fourth-order valence-corrected chi connectivity index (χ4v) is 4.61. The van der Waals surface area contributed by atoms with Crippen molar-refractivity contribution in [2.24, 2.45) is 16.8 Å². The Morgan fingerprint density at radius 2 is 1.96 bits per heavy atom. The van der Waals surface area contributed by atoms with Gasteiger partial charge in [-0.05, 0) is 30.4 Å². The number of nitrogens with zero attached hydrogens (tertiary/aromatic N) is 2. The molecule has 0 radical (unpaired) electrons. The van der Waals surface area contributed by atoms with E-state index in [4.69, 9.17) is 0 Å². The predicted molar refractivity (Wildman–Crippen MR) is 94.9 cm³/mol. The summed E-state index contributed by atoms with van der Waals surface area (Å²) in [5.41, 5.74) is 0. The molecular weight excluding hydrogens is 324 g/mol. The van der Waals surface area contributed by atoms with Crippen molar-refractivity contribution >= 4 is 16.0 Å². The van der Waals surface area contributed by atoms with Gasteiger partial charge in [-0.1, -0.05) is 44.9 Å². The number of aliphatic imine (C=N–C) groups is 1. The fraction of sp³-hybridized carbons (Fsp3) is 0.588. The van der Waals surface area contributed by atoms with Gasteiger partial charge in [0.15, 0.2) is 0 Å². The first-order chi connectivity index (χ1) is 11.5. The van der Waals surface area contributed by atoms with Crippen LogP contribution >= 0.6 is 0 Å². The average Bonchev–Trinajstić information content (AvgIpc) is 2.59. The summed E-state index contributed by atoms with van der Waals surface area (Å²) in [4.78, 5) is 6.95. The minimum Gasteiger partial charge on any atom is -0.343 e. The Morgan fingerprint density at radius 3 is 2.62 bits per heavy atom. The van der Waals surface area contributed by atoms with Crippen LogP contribution in [-0.2, 0) is 10.0 Å². The van der Waals surface area contributed by atoms with Crippen LogP contribution in [0.4, 0.5) is 0 Å². The quantitative estimate of drug-likeness (QED) is 0.874. The van der Waals surface area contributed by atoms with E-state index < -0.39 is 10.0 Å². The number of sulfonamides is 1. The Morgan fingerprint density at radius 1 is 1.21 bits per heavy atom. The summed E-state index contributed by atoms with van der Waals surface area (Å²) >= 11 is 0. The molecule has 7 heteroatoms. The topological polar surface area (TPSA) is 73.8 Å². The summed E-state index contributed by atoms with van der Waals surface area (Å²) in [6.07, 6.45) is 3.74. The molecule has 3 rings (SSSR count). The van der Waals surface area contributed by atoms with Crippen LogP contribution in [0.3, 0.4) is 0 Å². The lowest BCUT2D eigenvalue weighted by Crippen LogP contribution is -2.55. The molecule has 3 atom stereocenters. The van der Waals surface area contributed by atoms with Crippen molar-refractivity contribution in [2.75, 3.05) is 13.3 Å². The highest BCUT2D eigenvalue weighted by atomic mass is 32.2. The van der Waals surface area contributed by atoms with Gasteiger partial charge in [-0.25, -0.2) is 18.1 Å². The van der Waals surface area contributed by atoms with Crippen molar-refractivity contribution in [3.05, 3.63) is 30.3 Å². The van der Waals surface area contributed by atoms with Crippen molar-refractivity contribution < 1.29 is 8.42 Å². The molecule has 1 aromatic rings. The van der Waals surface area contributed by atoms with E-state index in [1.54, 1.807) is 30.3 Å². The van der Waals surface area contributed by atoms with Crippen molar-refractivity contribution in [2.45, 2.75) is 44.0 Å². The van der Waals surface area contributed by atoms with Gasteiger partial charge in [0.25, 0.3) is 10.0 Å². The van der Waals surface area contributed by atoms with Crippen LogP contribution in [0.1, 0.15) is 33.1 Å². The van der Waals surface area contributed by atoms with Crippen LogP contribution in [-0.4, -0.2) is 38.7 Å². The van der Waals surface area contributed by atoms with Gasteiger partial charge in [-0.2, -0.15) is 0 Å². The largest absolute Gasteiger partial charge is 0.343 e. The van der Waals surface area contributed by atoms with Crippen LogP contribution in [0.2, 0.25) is 0 Å². The number of nitrogens with one attached hydrogen (secondary N) is 2. The second kappa shape index (κ2) is 7.11. The Balaban J connectivity index is 1.64. The molecule has 132 valence electrons. The van der Waals surface area contributed by atoms with Gasteiger partial charge in [0.2, 0.25) is 5.96 Å². The maximum absolute atomic E-state index is 12.3. The Labute approximate surface area is 144 Å². The molecule has 2 N–H and O–H groups in total. The third-order valence-corrected chi connectivity index (χ3v) is 6.63. The lowest BCUT2D eigenvalue weighted by Gasteiger charge is -2.42. The highest BCUT2D eigenvalue weighted by Gasteiger charge is 2.32. The van der Waals surface area contributed by atoms with Crippen molar-refractivity contribution in [1.82, 2.24) is 14.9 Å². The highest BCUT2D eigenvalue weighted by Crippen LogP contribution is 2.32. The minimum atomic E-state index is -3.58. The van der Waals surface area contributed by atoms with E-state index >= 15 is 0 Å². The summed E-state index contributed by atoms with van der Waals surface area (Å²) in [6, 6.07) is 8.86. The van der Waals surface area contributed by atoms with Crippen molar-refractivity contribution in [1.29, 1.82) is 0 Å². The van der Waals surface area contributed by atoms with Crippen molar-refractivity contribution in [3.63, 3.8) is 0 Å². The van der Waals surface area contributed by atoms with Gasteiger partial charge in [0.05, 0.1) is 18.2 Å². The summed E-state index contributed by atoms with van der Waals surface area (Å²) in [7, 11) is -3.58. The van der Waals surface area contributed by atoms with E-state index in [1.165, 1.54) is 19.3 Å². The lowest BCUT2D eigenvalue weighted by molar-refractivity contribution is 0.0768. The molecule has 24 heavy (non-hydrogen) atoms. The molecule has 0 bridgehead atoms. The van der Waals surface area contributed by atoms with E-state index in [9.17, 15) is 8.42 Å². The SMILES string of the molecule is C[C@H]1[C@H](C)CCC[C@@H]1N1CN=C(NS(=O)(=O)c2ccccc2)NC1. The van der Waals surface area contributed by atoms with Gasteiger partial charge in [-0.15, -0.1) is 0 Å². The molecule has 1 aromatic carbocycles.